The van der Waals surface area contributed by atoms with Crippen LogP contribution < -0.4 is 5.32 Å². The van der Waals surface area contributed by atoms with E-state index in [4.69, 9.17) is 14.7 Å². The van der Waals surface area contributed by atoms with Gasteiger partial charge in [0, 0.05) is 34.5 Å². The van der Waals surface area contributed by atoms with Crippen molar-refractivity contribution in [1.29, 1.82) is 5.26 Å². The molecule has 3 N–H and O–H groups in total. The number of amides is 1. The van der Waals surface area contributed by atoms with Gasteiger partial charge in [0.1, 0.15) is 11.9 Å². The number of nitriles is 1. The summed E-state index contributed by atoms with van der Waals surface area (Å²) >= 11 is 2.10. The molecule has 7 nitrogen and oxygen atoms in total. The Kier molecular flexibility index (Phi) is 8.50. The molecule has 0 aliphatic carbocycles. The summed E-state index contributed by atoms with van der Waals surface area (Å²) in [6.45, 7) is 1.99. The van der Waals surface area contributed by atoms with Crippen LogP contribution in [0.2, 0.25) is 0 Å². The molecule has 1 amide bonds. The van der Waals surface area contributed by atoms with Crippen LogP contribution in [0.3, 0.4) is 0 Å². The maximum atomic E-state index is 12.5. The van der Waals surface area contributed by atoms with Gasteiger partial charge in [0.15, 0.2) is 6.10 Å². The van der Waals surface area contributed by atoms with Crippen LogP contribution in [0.5, 0.6) is 5.75 Å². The zero-order valence-electron chi connectivity index (χ0n) is 15.3. The van der Waals surface area contributed by atoms with E-state index >= 15 is 0 Å². The van der Waals surface area contributed by atoms with Crippen molar-refractivity contribution in [2.75, 3.05) is 18.5 Å². The van der Waals surface area contributed by atoms with Gasteiger partial charge in [-0.3, -0.25) is 5.32 Å². The van der Waals surface area contributed by atoms with Gasteiger partial charge in [-0.2, -0.15) is 5.26 Å². The van der Waals surface area contributed by atoms with E-state index in [1.165, 1.54) is 6.07 Å². The molecule has 0 saturated heterocycles. The maximum Gasteiger partial charge on any atom is 0.412 e. The van der Waals surface area contributed by atoms with E-state index < -0.39 is 18.3 Å². The fourth-order valence-electron chi connectivity index (χ4n) is 2.65. The van der Waals surface area contributed by atoms with Gasteiger partial charge in [-0.25, -0.2) is 4.79 Å². The Labute approximate surface area is 177 Å². The van der Waals surface area contributed by atoms with Gasteiger partial charge in [-0.1, -0.05) is 0 Å². The van der Waals surface area contributed by atoms with Crippen molar-refractivity contribution in [3.05, 3.63) is 57.2 Å². The lowest BCUT2D eigenvalue weighted by Crippen LogP contribution is -2.30. The highest BCUT2D eigenvalue weighted by molar-refractivity contribution is 14.1. The molecule has 0 fully saturated rings. The zero-order valence-corrected chi connectivity index (χ0v) is 17.4. The number of hydrogen-bond acceptors (Lipinski definition) is 6. The molecule has 148 valence electrons. The van der Waals surface area contributed by atoms with Crippen LogP contribution in [0.4, 0.5) is 10.5 Å². The molecule has 2 aromatic rings. The summed E-state index contributed by atoms with van der Waals surface area (Å²) in [4.78, 5) is 12.5. The number of aliphatic hydroxyl groups is 1. The largest absolute Gasteiger partial charge is 0.508 e. The highest BCUT2D eigenvalue weighted by atomic mass is 127. The number of benzene rings is 2. The molecule has 0 aliphatic rings. The fourth-order valence-corrected chi connectivity index (χ4v) is 3.16. The first-order valence-electron chi connectivity index (χ1n) is 8.67. The molecular formula is C20H21IN2O5. The smallest absolute Gasteiger partial charge is 0.412 e. The molecule has 0 aliphatic heterocycles. The third-order valence-corrected chi connectivity index (χ3v) is 4.59. The van der Waals surface area contributed by atoms with Crippen molar-refractivity contribution in [1.82, 2.24) is 0 Å². The van der Waals surface area contributed by atoms with Crippen molar-refractivity contribution in [2.24, 2.45) is 0 Å². The van der Waals surface area contributed by atoms with Gasteiger partial charge in [0.2, 0.25) is 0 Å². The first-order valence-corrected chi connectivity index (χ1v) is 9.75. The van der Waals surface area contributed by atoms with Crippen molar-refractivity contribution in [2.45, 2.75) is 25.6 Å². The first-order chi connectivity index (χ1) is 13.5. The van der Waals surface area contributed by atoms with Crippen LogP contribution in [-0.2, 0) is 9.47 Å². The Morgan fingerprint density at radius 3 is 2.61 bits per heavy atom. The number of ether oxygens (including phenoxy) is 2. The van der Waals surface area contributed by atoms with Crippen molar-refractivity contribution in [3.63, 3.8) is 0 Å². The quantitative estimate of drug-likeness (QED) is 0.478. The number of aliphatic hydroxyl groups excluding tert-OH is 1. The lowest BCUT2D eigenvalue weighted by Gasteiger charge is -2.27. The average Bonchev–Trinajstić information content (AvgIpc) is 2.68. The average molecular weight is 496 g/mol. The van der Waals surface area contributed by atoms with Crippen LogP contribution in [0.15, 0.2) is 42.5 Å². The summed E-state index contributed by atoms with van der Waals surface area (Å²) in [5.41, 5.74) is 1.33. The highest BCUT2D eigenvalue weighted by Crippen LogP contribution is 2.33. The van der Waals surface area contributed by atoms with E-state index in [0.717, 1.165) is 3.57 Å². The number of phenols is 1. The van der Waals surface area contributed by atoms with E-state index in [1.54, 1.807) is 43.3 Å². The van der Waals surface area contributed by atoms with Crippen LogP contribution in [-0.4, -0.2) is 35.6 Å². The van der Waals surface area contributed by atoms with E-state index in [0.29, 0.717) is 23.4 Å². The molecule has 2 atom stereocenters. The number of aromatic hydroxyl groups is 1. The van der Waals surface area contributed by atoms with Gasteiger partial charge in [0.05, 0.1) is 11.6 Å². The summed E-state index contributed by atoms with van der Waals surface area (Å²) in [5, 5.41) is 31.1. The number of rotatable bonds is 8. The van der Waals surface area contributed by atoms with Crippen molar-refractivity contribution in [3.8, 4) is 11.8 Å². The number of nitrogens with one attached hydrogen (secondary N) is 1. The Morgan fingerprint density at radius 2 is 2.00 bits per heavy atom. The topological polar surface area (TPSA) is 112 Å². The Balaban J connectivity index is 2.25. The summed E-state index contributed by atoms with van der Waals surface area (Å²) in [6.07, 6.45) is -2.06. The number of phenolic OH excluding ortho intramolecular Hbond substituents is 1. The van der Waals surface area contributed by atoms with E-state index in [1.807, 2.05) is 6.07 Å². The number of hydrogen-bond donors (Lipinski definition) is 3. The molecule has 0 saturated carbocycles. The molecule has 2 aromatic carbocycles. The van der Waals surface area contributed by atoms with E-state index in [9.17, 15) is 15.0 Å². The molecule has 0 bridgehead atoms. The molecule has 0 spiro atoms. The van der Waals surface area contributed by atoms with E-state index in [-0.39, 0.29) is 18.8 Å². The van der Waals surface area contributed by atoms with Crippen LogP contribution in [0.25, 0.3) is 0 Å². The molecule has 8 heteroatoms. The predicted octanol–water partition coefficient (Wildman–Crippen LogP) is 3.95. The Hall–Kier alpha value is -2.35. The fraction of sp³-hybridized carbons (Fsp3) is 0.300. The van der Waals surface area contributed by atoms with Gasteiger partial charge in [-0.05, 0) is 72.0 Å². The zero-order chi connectivity index (χ0) is 20.5. The third kappa shape index (κ3) is 6.09. The second kappa shape index (κ2) is 10.8. The first kappa shape index (κ1) is 21.9. The molecule has 0 aromatic heterocycles. The minimum absolute atomic E-state index is 0.0285. The molecule has 0 heterocycles. The van der Waals surface area contributed by atoms with Crippen molar-refractivity contribution >= 4 is 34.4 Å². The van der Waals surface area contributed by atoms with Gasteiger partial charge in [0.25, 0.3) is 0 Å². The number of halogens is 1. The molecule has 0 unspecified atom stereocenters. The van der Waals surface area contributed by atoms with Crippen LogP contribution in [0, 0.1) is 14.9 Å². The summed E-state index contributed by atoms with van der Waals surface area (Å²) < 4.78 is 12.1. The summed E-state index contributed by atoms with van der Waals surface area (Å²) in [6, 6.07) is 13.3. The second-order valence-electron chi connectivity index (χ2n) is 5.85. The normalized spacial score (nSPS) is 12.6. The van der Waals surface area contributed by atoms with Crippen molar-refractivity contribution < 1.29 is 24.5 Å². The standard InChI is InChI=1S/C20H21IN2O5/c1-2-27-18(9-10-24)19(16-11-14(21)5-8-17(16)25)28-20(26)23-15-6-3-13(12-22)4-7-15/h3-8,11,18-19,24-25H,2,9-10H2,1H3,(H,23,26)/t18-,19-/m0/s1. The van der Waals surface area contributed by atoms with Crippen LogP contribution in [0.1, 0.15) is 30.6 Å². The van der Waals surface area contributed by atoms with Gasteiger partial charge >= 0.3 is 6.09 Å². The molecule has 28 heavy (non-hydrogen) atoms. The molecule has 0 radical (unpaired) electrons. The number of carbonyl (C=O) groups is 1. The Morgan fingerprint density at radius 1 is 1.29 bits per heavy atom. The monoisotopic (exact) mass is 496 g/mol. The minimum atomic E-state index is -0.916. The van der Waals surface area contributed by atoms with Crippen LogP contribution >= 0.6 is 22.6 Å². The minimum Gasteiger partial charge on any atom is -0.508 e. The lowest BCUT2D eigenvalue weighted by atomic mass is 10.0. The second-order valence-corrected chi connectivity index (χ2v) is 7.09. The maximum absolute atomic E-state index is 12.5. The number of carbonyl (C=O) groups excluding carboxylic acids is 1. The predicted molar refractivity (Wildman–Crippen MR) is 112 cm³/mol. The lowest BCUT2D eigenvalue weighted by molar-refractivity contribution is -0.0491. The van der Waals surface area contributed by atoms with E-state index in [2.05, 4.69) is 27.9 Å². The Bertz CT molecular complexity index is 829. The highest BCUT2D eigenvalue weighted by Gasteiger charge is 2.30. The number of nitrogens with zero attached hydrogens (tertiary/aromatic N) is 1. The summed E-state index contributed by atoms with van der Waals surface area (Å²) in [5.74, 6) is -0.0285. The van der Waals surface area contributed by atoms with Gasteiger partial charge in [-0.15, -0.1) is 0 Å². The number of anilines is 1. The van der Waals surface area contributed by atoms with Gasteiger partial charge < -0.3 is 19.7 Å². The molecule has 2 rings (SSSR count). The third-order valence-electron chi connectivity index (χ3n) is 3.92. The summed E-state index contributed by atoms with van der Waals surface area (Å²) in [7, 11) is 0. The molecular weight excluding hydrogens is 475 g/mol. The SMILES string of the molecule is CCO[C@@H](CCO)[C@@H](OC(=O)Nc1ccc(C#N)cc1)c1cc(I)ccc1O.